The average Bonchev–Trinajstić information content (AvgIpc) is 2.83. The monoisotopic (exact) mass is 432 g/mol. The van der Waals surface area contributed by atoms with Crippen LogP contribution in [0.1, 0.15) is 69.8 Å². The van der Waals surface area contributed by atoms with E-state index < -0.39 is 0 Å². The summed E-state index contributed by atoms with van der Waals surface area (Å²) in [6.45, 7) is 6.04. The minimum Gasteiger partial charge on any atom is -0.486 e. The van der Waals surface area contributed by atoms with Gasteiger partial charge >= 0.3 is 0 Å². The van der Waals surface area contributed by atoms with Gasteiger partial charge in [-0.25, -0.2) is 4.39 Å². The summed E-state index contributed by atoms with van der Waals surface area (Å²) in [7, 11) is 0. The first kappa shape index (κ1) is 22.8. The van der Waals surface area contributed by atoms with Crippen LogP contribution in [-0.4, -0.2) is 6.61 Å². The molecule has 0 aromatic heterocycles. The second kappa shape index (κ2) is 11.0. The van der Waals surface area contributed by atoms with E-state index in [1.165, 1.54) is 56.9 Å². The quantitative estimate of drug-likeness (QED) is 0.379. The van der Waals surface area contributed by atoms with E-state index in [4.69, 9.17) is 4.74 Å². The van der Waals surface area contributed by atoms with Crippen molar-refractivity contribution >= 4 is 0 Å². The molecule has 0 radical (unpaired) electrons. The number of hydrogen-bond donors (Lipinski definition) is 0. The molecule has 0 spiro atoms. The molecule has 0 amide bonds. The van der Waals surface area contributed by atoms with Crippen LogP contribution in [0.15, 0.2) is 67.3 Å². The van der Waals surface area contributed by atoms with E-state index >= 15 is 0 Å². The van der Waals surface area contributed by atoms with Crippen molar-refractivity contribution in [3.8, 4) is 16.9 Å². The van der Waals surface area contributed by atoms with Gasteiger partial charge in [0.1, 0.15) is 6.61 Å². The van der Waals surface area contributed by atoms with Crippen molar-refractivity contribution < 1.29 is 9.13 Å². The van der Waals surface area contributed by atoms with Crippen molar-refractivity contribution in [3.63, 3.8) is 0 Å². The maximum atomic E-state index is 14.3. The molecule has 32 heavy (non-hydrogen) atoms. The third-order valence-corrected chi connectivity index (χ3v) is 7.70. The molecule has 0 bridgehead atoms. The Balaban J connectivity index is 1.35. The highest BCUT2D eigenvalue weighted by Gasteiger charge is 2.35. The van der Waals surface area contributed by atoms with Crippen LogP contribution in [0.5, 0.6) is 5.75 Å². The number of fused-ring (bicyclic) bond motifs is 1. The highest BCUT2D eigenvalue weighted by atomic mass is 19.1. The van der Waals surface area contributed by atoms with Gasteiger partial charge < -0.3 is 4.74 Å². The first-order chi connectivity index (χ1) is 15.7. The molecule has 2 aromatic carbocycles. The fourth-order valence-corrected chi connectivity index (χ4v) is 5.94. The van der Waals surface area contributed by atoms with Gasteiger partial charge in [-0.3, -0.25) is 0 Å². The standard InChI is InChI=1S/C30H37FO/c1-3-5-6-7-22-8-9-27-20-26(15-14-25(27)19-22)23-10-12-24(13-11-23)28-16-17-30(29(31)21-28)32-18-4-2/h3-5,10-13,16-17,21-22,25-27H,2,6-9,14-15,18-20H2,1H3/b5-3+. The fraction of sp³-hybridized carbons (Fsp3) is 0.467. The molecule has 2 aromatic rings. The Morgan fingerprint density at radius 1 is 0.969 bits per heavy atom. The second-order valence-electron chi connectivity index (χ2n) is 9.72. The molecule has 2 aliphatic rings. The third-order valence-electron chi connectivity index (χ3n) is 7.70. The Morgan fingerprint density at radius 2 is 1.72 bits per heavy atom. The SMILES string of the molecule is C=CCOc1ccc(-c2ccc(C3CCC4CC(CC/C=C/C)CCC4C3)cc2)cc1F. The molecule has 0 heterocycles. The largest absolute Gasteiger partial charge is 0.486 e. The summed E-state index contributed by atoms with van der Waals surface area (Å²) in [6.07, 6.45) is 17.1. The highest BCUT2D eigenvalue weighted by molar-refractivity contribution is 5.64. The van der Waals surface area contributed by atoms with Crippen molar-refractivity contribution in [2.75, 3.05) is 6.61 Å². The summed E-state index contributed by atoms with van der Waals surface area (Å²) < 4.78 is 19.7. The summed E-state index contributed by atoms with van der Waals surface area (Å²) in [5.74, 6) is 3.42. The predicted octanol–water partition coefficient (Wildman–Crippen LogP) is 8.71. The number of benzene rings is 2. The Hall–Kier alpha value is -2.35. The fourth-order valence-electron chi connectivity index (χ4n) is 5.94. The second-order valence-corrected chi connectivity index (χ2v) is 9.72. The van der Waals surface area contributed by atoms with Crippen LogP contribution in [-0.2, 0) is 0 Å². The minimum absolute atomic E-state index is 0.276. The first-order valence-corrected chi connectivity index (χ1v) is 12.4. The third kappa shape index (κ3) is 5.52. The predicted molar refractivity (Wildman–Crippen MR) is 132 cm³/mol. The minimum atomic E-state index is -0.326. The Bertz CT molecular complexity index is 913. The van der Waals surface area contributed by atoms with Crippen molar-refractivity contribution in [1.82, 2.24) is 0 Å². The Labute approximate surface area is 193 Å². The van der Waals surface area contributed by atoms with Gasteiger partial charge in [0.25, 0.3) is 0 Å². The number of halogens is 1. The lowest BCUT2D eigenvalue weighted by atomic mass is 9.63. The summed E-state index contributed by atoms with van der Waals surface area (Å²) in [6, 6.07) is 14.0. The zero-order valence-electron chi connectivity index (χ0n) is 19.4. The van der Waals surface area contributed by atoms with Gasteiger partial charge in [-0.2, -0.15) is 0 Å². The van der Waals surface area contributed by atoms with Gasteiger partial charge in [0.15, 0.2) is 11.6 Å². The number of ether oxygens (including phenoxy) is 1. The first-order valence-electron chi connectivity index (χ1n) is 12.4. The van der Waals surface area contributed by atoms with Gasteiger partial charge in [0.2, 0.25) is 0 Å². The van der Waals surface area contributed by atoms with Crippen LogP contribution in [0.3, 0.4) is 0 Å². The number of allylic oxidation sites excluding steroid dienone is 2. The van der Waals surface area contributed by atoms with Gasteiger partial charge in [-0.15, -0.1) is 0 Å². The van der Waals surface area contributed by atoms with Gasteiger partial charge in [-0.05, 0) is 104 Å². The summed E-state index contributed by atoms with van der Waals surface area (Å²) in [5, 5.41) is 0. The van der Waals surface area contributed by atoms with Crippen molar-refractivity contribution in [2.45, 2.75) is 64.2 Å². The molecular weight excluding hydrogens is 395 g/mol. The normalized spacial score (nSPS) is 25.4. The Kier molecular flexibility index (Phi) is 7.84. The topological polar surface area (TPSA) is 9.23 Å². The van der Waals surface area contributed by atoms with E-state index in [1.54, 1.807) is 18.2 Å². The molecule has 4 atom stereocenters. The van der Waals surface area contributed by atoms with Gasteiger partial charge in [-0.1, -0.05) is 61.6 Å². The van der Waals surface area contributed by atoms with Crippen molar-refractivity contribution in [1.29, 1.82) is 0 Å². The smallest absolute Gasteiger partial charge is 0.165 e. The van der Waals surface area contributed by atoms with E-state index in [-0.39, 0.29) is 11.6 Å². The zero-order chi connectivity index (χ0) is 22.3. The molecule has 2 saturated carbocycles. The molecule has 2 heteroatoms. The maximum Gasteiger partial charge on any atom is 0.165 e. The molecule has 0 saturated heterocycles. The lowest BCUT2D eigenvalue weighted by Crippen LogP contribution is -2.30. The van der Waals surface area contributed by atoms with Crippen LogP contribution in [0.4, 0.5) is 4.39 Å². The van der Waals surface area contributed by atoms with E-state index in [0.29, 0.717) is 12.5 Å². The van der Waals surface area contributed by atoms with E-state index in [2.05, 4.69) is 49.9 Å². The van der Waals surface area contributed by atoms with Crippen molar-refractivity contribution in [3.05, 3.63) is 78.7 Å². The Morgan fingerprint density at radius 3 is 2.47 bits per heavy atom. The summed E-state index contributed by atoms with van der Waals surface area (Å²) in [4.78, 5) is 0. The number of rotatable bonds is 8. The molecule has 1 nitrogen and oxygen atoms in total. The molecular formula is C30H37FO. The van der Waals surface area contributed by atoms with E-state index in [1.807, 2.05) is 6.07 Å². The zero-order valence-corrected chi connectivity index (χ0v) is 19.4. The van der Waals surface area contributed by atoms with Crippen LogP contribution >= 0.6 is 0 Å². The van der Waals surface area contributed by atoms with Crippen LogP contribution in [0, 0.1) is 23.6 Å². The van der Waals surface area contributed by atoms with Gasteiger partial charge in [0, 0.05) is 0 Å². The van der Waals surface area contributed by atoms with Crippen LogP contribution in [0.2, 0.25) is 0 Å². The van der Waals surface area contributed by atoms with E-state index in [0.717, 1.165) is 28.9 Å². The molecule has 4 unspecified atom stereocenters. The lowest BCUT2D eigenvalue weighted by Gasteiger charge is -2.42. The van der Waals surface area contributed by atoms with Crippen LogP contribution in [0.25, 0.3) is 11.1 Å². The maximum absolute atomic E-state index is 14.3. The summed E-state index contributed by atoms with van der Waals surface area (Å²) in [5.41, 5.74) is 3.40. The van der Waals surface area contributed by atoms with Crippen LogP contribution < -0.4 is 4.74 Å². The summed E-state index contributed by atoms with van der Waals surface area (Å²) >= 11 is 0. The highest BCUT2D eigenvalue weighted by Crippen LogP contribution is 2.48. The van der Waals surface area contributed by atoms with Crippen molar-refractivity contribution in [2.24, 2.45) is 17.8 Å². The number of hydrogen-bond acceptors (Lipinski definition) is 1. The molecule has 0 N–H and O–H groups in total. The average molecular weight is 433 g/mol. The molecule has 2 fully saturated rings. The molecule has 4 rings (SSSR count). The molecule has 0 aliphatic heterocycles. The van der Waals surface area contributed by atoms with Gasteiger partial charge in [0.05, 0.1) is 0 Å². The lowest BCUT2D eigenvalue weighted by molar-refractivity contribution is 0.115. The van der Waals surface area contributed by atoms with E-state index in [9.17, 15) is 4.39 Å². The molecule has 170 valence electrons. The molecule has 2 aliphatic carbocycles.